The second kappa shape index (κ2) is 6.40. The zero-order valence-electron chi connectivity index (χ0n) is 12.1. The minimum absolute atomic E-state index is 0.173. The van der Waals surface area contributed by atoms with Crippen molar-refractivity contribution < 1.29 is 14.5 Å². The Balaban J connectivity index is 2.03. The van der Waals surface area contributed by atoms with E-state index in [2.05, 4.69) is 15.3 Å². The molecule has 0 radical (unpaired) electrons. The summed E-state index contributed by atoms with van der Waals surface area (Å²) in [6.07, 6.45) is 3.18. The van der Waals surface area contributed by atoms with E-state index < -0.39 is 0 Å². The number of nitrogens with one attached hydrogen (secondary N) is 2. The number of hydrogen-bond donors (Lipinski definition) is 1. The zero-order chi connectivity index (χ0) is 16.4. The largest absolute Gasteiger partial charge is 0.490 e. The molecule has 0 aliphatic heterocycles. The summed E-state index contributed by atoms with van der Waals surface area (Å²) < 4.78 is 5.30. The van der Waals surface area contributed by atoms with Crippen molar-refractivity contribution in [3.63, 3.8) is 0 Å². The molecule has 0 aliphatic carbocycles. The first-order valence-electron chi connectivity index (χ1n) is 6.70. The summed E-state index contributed by atoms with van der Waals surface area (Å²) in [5.41, 5.74) is 1.57. The molecule has 0 aliphatic rings. The summed E-state index contributed by atoms with van der Waals surface area (Å²) in [6, 6.07) is 8.61. The van der Waals surface area contributed by atoms with E-state index in [0.29, 0.717) is 22.0 Å². The molecule has 0 spiro atoms. The number of benzene rings is 1. The van der Waals surface area contributed by atoms with Gasteiger partial charge in [-0.3, -0.25) is 4.79 Å². The normalized spacial score (nSPS) is 10.6. The molecule has 1 aromatic carbocycles. The summed E-state index contributed by atoms with van der Waals surface area (Å²) >= 11 is 11.9. The number of anilines is 1. The number of H-pyrrole nitrogens is 1. The van der Waals surface area contributed by atoms with Crippen LogP contribution in [0.3, 0.4) is 0 Å². The fourth-order valence-electron chi connectivity index (χ4n) is 2.27. The Morgan fingerprint density at radius 1 is 1.30 bits per heavy atom. The molecular weight excluding hydrogens is 337 g/mol. The molecule has 0 atom stereocenters. The highest BCUT2D eigenvalue weighted by molar-refractivity contribution is 6.34. The molecule has 2 N–H and O–H groups in total. The Bertz CT molecular complexity index is 900. The molecule has 0 saturated heterocycles. The molecule has 3 aromatic rings. The standard InChI is InChI=1S/C16H11Cl2N3O2/c1-23-13-5-4-11(10-3-2-6-19-14(10)13)16(22)21-12-7-9(17)8-20-15(12)18/h2-8H,1H3,(H,21,22)/p+1. The Hall–Kier alpha value is -2.37. The number of carbonyl (C=O) groups is 1. The number of rotatable bonds is 3. The van der Waals surface area contributed by atoms with Crippen molar-refractivity contribution in [3.8, 4) is 5.75 Å². The van der Waals surface area contributed by atoms with E-state index >= 15 is 0 Å². The number of ether oxygens (including phenoxy) is 1. The van der Waals surface area contributed by atoms with Crippen molar-refractivity contribution in [2.24, 2.45) is 0 Å². The Kier molecular flexibility index (Phi) is 4.32. The van der Waals surface area contributed by atoms with Gasteiger partial charge in [-0.05, 0) is 24.3 Å². The summed E-state index contributed by atoms with van der Waals surface area (Å²) in [6.45, 7) is 0. The summed E-state index contributed by atoms with van der Waals surface area (Å²) in [5, 5.41) is 4.02. The number of methoxy groups -OCH3 is 1. The van der Waals surface area contributed by atoms with Crippen molar-refractivity contribution in [2.75, 3.05) is 12.4 Å². The molecule has 0 unspecified atom stereocenters. The topological polar surface area (TPSA) is 65.4 Å². The molecule has 2 heterocycles. The predicted molar refractivity (Wildman–Crippen MR) is 89.3 cm³/mol. The van der Waals surface area contributed by atoms with Crippen LogP contribution in [0.4, 0.5) is 5.69 Å². The number of aromatic nitrogens is 2. The van der Waals surface area contributed by atoms with Gasteiger partial charge in [0.1, 0.15) is 0 Å². The average molecular weight is 349 g/mol. The highest BCUT2D eigenvalue weighted by Crippen LogP contribution is 2.27. The third-order valence-corrected chi connectivity index (χ3v) is 3.82. The first-order valence-corrected chi connectivity index (χ1v) is 7.45. The predicted octanol–water partition coefficient (Wildman–Crippen LogP) is 3.62. The van der Waals surface area contributed by atoms with Gasteiger partial charge in [0.25, 0.3) is 11.4 Å². The maximum atomic E-state index is 12.6. The van der Waals surface area contributed by atoms with Gasteiger partial charge < -0.3 is 10.1 Å². The number of halogens is 2. The number of carbonyl (C=O) groups excluding carboxylic acids is 1. The van der Waals surface area contributed by atoms with Gasteiger partial charge >= 0.3 is 0 Å². The Morgan fingerprint density at radius 3 is 2.91 bits per heavy atom. The van der Waals surface area contributed by atoms with Gasteiger partial charge in [-0.25, -0.2) is 9.97 Å². The molecule has 1 amide bonds. The van der Waals surface area contributed by atoms with Crippen molar-refractivity contribution >= 4 is 45.7 Å². The molecule has 0 fully saturated rings. The molecule has 5 nitrogen and oxygen atoms in total. The summed E-state index contributed by atoms with van der Waals surface area (Å²) in [5.74, 6) is 0.336. The van der Waals surface area contributed by atoms with Crippen LogP contribution in [0.1, 0.15) is 10.4 Å². The molecule has 23 heavy (non-hydrogen) atoms. The molecule has 2 aromatic heterocycles. The van der Waals surface area contributed by atoms with Crippen LogP contribution in [0.5, 0.6) is 5.75 Å². The zero-order valence-corrected chi connectivity index (χ0v) is 13.6. The van der Waals surface area contributed by atoms with Gasteiger partial charge in [0, 0.05) is 12.3 Å². The minimum atomic E-state index is -0.316. The first kappa shape index (κ1) is 15.5. The average Bonchev–Trinajstić information content (AvgIpc) is 2.57. The van der Waals surface area contributed by atoms with Crippen LogP contribution in [-0.4, -0.2) is 18.0 Å². The van der Waals surface area contributed by atoms with E-state index in [9.17, 15) is 4.79 Å². The molecule has 0 bridgehead atoms. The van der Waals surface area contributed by atoms with Gasteiger partial charge in [-0.15, -0.1) is 0 Å². The smallest absolute Gasteiger partial charge is 0.256 e. The maximum Gasteiger partial charge on any atom is 0.256 e. The summed E-state index contributed by atoms with van der Waals surface area (Å²) in [4.78, 5) is 19.6. The molecule has 116 valence electrons. The number of fused-ring (bicyclic) bond motifs is 1. The quantitative estimate of drug-likeness (QED) is 0.735. The van der Waals surface area contributed by atoms with E-state index in [1.165, 1.54) is 6.20 Å². The lowest BCUT2D eigenvalue weighted by atomic mass is 10.1. The second-order valence-corrected chi connectivity index (χ2v) is 5.51. The second-order valence-electron chi connectivity index (χ2n) is 4.72. The molecule has 0 saturated carbocycles. The SMILES string of the molecule is COc1ccc(C(=O)Nc2cc(Cl)cnc2Cl)c2ccc[nH+]c12. The highest BCUT2D eigenvalue weighted by Gasteiger charge is 2.18. The molecule has 7 heteroatoms. The van der Waals surface area contributed by atoms with E-state index in [1.807, 2.05) is 12.1 Å². The van der Waals surface area contributed by atoms with Crippen molar-refractivity contribution in [2.45, 2.75) is 0 Å². The van der Waals surface area contributed by atoms with Gasteiger partial charge in [-0.1, -0.05) is 23.2 Å². The van der Waals surface area contributed by atoms with Gasteiger partial charge in [-0.2, -0.15) is 0 Å². The third-order valence-electron chi connectivity index (χ3n) is 3.31. The lowest BCUT2D eigenvalue weighted by Crippen LogP contribution is -2.15. The fourth-order valence-corrected chi connectivity index (χ4v) is 2.57. The van der Waals surface area contributed by atoms with Crippen molar-refractivity contribution in [1.29, 1.82) is 0 Å². The fraction of sp³-hybridized carbons (Fsp3) is 0.0625. The minimum Gasteiger partial charge on any atom is -0.490 e. The van der Waals surface area contributed by atoms with E-state index in [1.54, 1.807) is 31.5 Å². The number of hydrogen-bond acceptors (Lipinski definition) is 3. The lowest BCUT2D eigenvalue weighted by Gasteiger charge is -2.09. The van der Waals surface area contributed by atoms with Crippen LogP contribution in [0.2, 0.25) is 10.2 Å². The monoisotopic (exact) mass is 348 g/mol. The van der Waals surface area contributed by atoms with Crippen LogP contribution in [0.25, 0.3) is 10.9 Å². The maximum absolute atomic E-state index is 12.6. The van der Waals surface area contributed by atoms with Crippen LogP contribution >= 0.6 is 23.2 Å². The van der Waals surface area contributed by atoms with E-state index in [-0.39, 0.29) is 11.1 Å². The van der Waals surface area contributed by atoms with Crippen LogP contribution in [0, 0.1) is 0 Å². The van der Waals surface area contributed by atoms with Crippen molar-refractivity contribution in [3.05, 3.63) is 58.5 Å². The van der Waals surface area contributed by atoms with Crippen LogP contribution < -0.4 is 15.0 Å². The number of nitrogens with zero attached hydrogens (tertiary/aromatic N) is 1. The highest BCUT2D eigenvalue weighted by atomic mass is 35.5. The number of pyridine rings is 2. The number of aromatic amines is 1. The molecule has 3 rings (SSSR count). The molecular formula is C16H12Cl2N3O2+. The van der Waals surface area contributed by atoms with Crippen LogP contribution in [0.15, 0.2) is 42.7 Å². The third kappa shape index (κ3) is 3.06. The first-order chi connectivity index (χ1) is 11.1. The van der Waals surface area contributed by atoms with Gasteiger partial charge in [0.2, 0.25) is 0 Å². The van der Waals surface area contributed by atoms with Gasteiger partial charge in [0.15, 0.2) is 17.1 Å². The van der Waals surface area contributed by atoms with Crippen molar-refractivity contribution in [1.82, 2.24) is 4.98 Å². The Morgan fingerprint density at radius 2 is 2.13 bits per heavy atom. The van der Waals surface area contributed by atoms with Gasteiger partial charge in [0.05, 0.1) is 28.8 Å². The Labute approximate surface area is 142 Å². The van der Waals surface area contributed by atoms with Crippen LogP contribution in [-0.2, 0) is 0 Å². The summed E-state index contributed by atoms with van der Waals surface area (Å²) in [7, 11) is 1.58. The van der Waals surface area contributed by atoms with E-state index in [0.717, 1.165) is 10.9 Å². The van der Waals surface area contributed by atoms with E-state index in [4.69, 9.17) is 27.9 Å². The number of amides is 1. The lowest BCUT2D eigenvalue weighted by molar-refractivity contribution is -0.345.